The monoisotopic (exact) mass is 316 g/mol. The van der Waals surface area contributed by atoms with E-state index in [-0.39, 0.29) is 23.6 Å². The van der Waals surface area contributed by atoms with Crippen LogP contribution in [-0.2, 0) is 9.53 Å². The van der Waals surface area contributed by atoms with Gasteiger partial charge in [-0.2, -0.15) is 0 Å². The topological polar surface area (TPSA) is 78.9 Å². The summed E-state index contributed by atoms with van der Waals surface area (Å²) in [5.41, 5.74) is 0. The van der Waals surface area contributed by atoms with Crippen molar-refractivity contribution in [1.82, 2.24) is 10.2 Å². The van der Waals surface area contributed by atoms with E-state index in [2.05, 4.69) is 5.32 Å². The summed E-state index contributed by atoms with van der Waals surface area (Å²) in [5, 5.41) is 12.2. The van der Waals surface area contributed by atoms with E-state index in [1.54, 1.807) is 11.8 Å². The number of carbonyl (C=O) groups is 2. The first-order chi connectivity index (χ1) is 10.0. The van der Waals surface area contributed by atoms with Crippen molar-refractivity contribution >= 4 is 23.8 Å². The van der Waals surface area contributed by atoms with Crippen molar-refractivity contribution in [3.8, 4) is 0 Å². The highest BCUT2D eigenvalue weighted by molar-refractivity contribution is 8.00. The molecule has 0 spiro atoms. The lowest BCUT2D eigenvalue weighted by Gasteiger charge is -2.30. The Kier molecular flexibility index (Phi) is 5.75. The van der Waals surface area contributed by atoms with Gasteiger partial charge in [-0.3, -0.25) is 4.90 Å². The Morgan fingerprint density at radius 2 is 2.29 bits per heavy atom. The van der Waals surface area contributed by atoms with Crippen molar-refractivity contribution in [1.29, 1.82) is 0 Å². The van der Waals surface area contributed by atoms with E-state index in [4.69, 9.17) is 4.74 Å². The third-order valence-electron chi connectivity index (χ3n) is 4.02. The maximum Gasteiger partial charge on any atom is 0.327 e. The molecular weight excluding hydrogens is 292 g/mol. The molecule has 7 heteroatoms. The minimum absolute atomic E-state index is 0.0390. The van der Waals surface area contributed by atoms with Gasteiger partial charge in [0.1, 0.15) is 6.04 Å². The van der Waals surface area contributed by atoms with Gasteiger partial charge >= 0.3 is 12.0 Å². The van der Waals surface area contributed by atoms with Crippen LogP contribution in [0, 0.1) is 0 Å². The molecule has 2 aliphatic heterocycles. The molecule has 2 rings (SSSR count). The van der Waals surface area contributed by atoms with E-state index in [0.29, 0.717) is 5.75 Å². The predicted molar refractivity (Wildman–Crippen MR) is 81.4 cm³/mol. The number of amides is 2. The third kappa shape index (κ3) is 3.83. The van der Waals surface area contributed by atoms with Crippen LogP contribution in [0.5, 0.6) is 0 Å². The smallest absolute Gasteiger partial charge is 0.327 e. The molecule has 2 amide bonds. The lowest BCUT2D eigenvalue weighted by atomic mass is 10.1. The highest BCUT2D eigenvalue weighted by Gasteiger charge is 2.41. The van der Waals surface area contributed by atoms with E-state index in [1.165, 1.54) is 4.90 Å². The van der Waals surface area contributed by atoms with Crippen molar-refractivity contribution in [2.75, 3.05) is 12.4 Å². The zero-order valence-corrected chi connectivity index (χ0v) is 13.4. The number of nitrogens with zero attached hydrogens (tertiary/aromatic N) is 1. The van der Waals surface area contributed by atoms with Gasteiger partial charge in [0.15, 0.2) is 0 Å². The van der Waals surface area contributed by atoms with Gasteiger partial charge < -0.3 is 15.2 Å². The van der Waals surface area contributed by atoms with E-state index in [1.807, 2.05) is 13.8 Å². The molecule has 0 bridgehead atoms. The molecule has 4 atom stereocenters. The zero-order valence-electron chi connectivity index (χ0n) is 12.6. The van der Waals surface area contributed by atoms with Crippen LogP contribution < -0.4 is 5.32 Å². The molecule has 2 heterocycles. The number of rotatable bonds is 5. The molecule has 0 aromatic heterocycles. The lowest BCUT2D eigenvalue weighted by Crippen LogP contribution is -2.53. The van der Waals surface area contributed by atoms with Gasteiger partial charge in [-0.15, -0.1) is 11.8 Å². The number of urea groups is 1. The number of carboxylic acid groups (broad SMARTS) is 1. The molecule has 21 heavy (non-hydrogen) atoms. The fourth-order valence-corrected chi connectivity index (χ4v) is 4.37. The van der Waals surface area contributed by atoms with Crippen LogP contribution in [0.3, 0.4) is 0 Å². The van der Waals surface area contributed by atoms with Gasteiger partial charge in [0.25, 0.3) is 0 Å². The largest absolute Gasteiger partial charge is 0.480 e. The second-order valence-corrected chi connectivity index (χ2v) is 6.84. The minimum Gasteiger partial charge on any atom is -0.480 e. The molecular formula is C14H24N2O4S. The summed E-state index contributed by atoms with van der Waals surface area (Å²) < 4.78 is 5.57. The van der Waals surface area contributed by atoms with Gasteiger partial charge in [0, 0.05) is 12.4 Å². The Morgan fingerprint density at radius 3 is 2.86 bits per heavy atom. The van der Waals surface area contributed by atoms with Crippen LogP contribution in [0.2, 0.25) is 0 Å². The molecule has 0 aromatic rings. The first-order valence-corrected chi connectivity index (χ1v) is 8.64. The Hall–Kier alpha value is -0.950. The molecule has 2 saturated heterocycles. The molecule has 0 aromatic carbocycles. The van der Waals surface area contributed by atoms with E-state index in [0.717, 1.165) is 32.3 Å². The number of hydrogen-bond acceptors (Lipinski definition) is 4. The number of carbonyl (C=O) groups excluding carboxylic acids is 1. The van der Waals surface area contributed by atoms with Crippen LogP contribution in [0.25, 0.3) is 0 Å². The molecule has 4 unspecified atom stereocenters. The number of aliphatic carboxylic acids is 1. The molecule has 2 N–H and O–H groups in total. The molecule has 2 fully saturated rings. The fraction of sp³-hybridized carbons (Fsp3) is 0.857. The molecule has 0 aliphatic carbocycles. The molecule has 0 radical (unpaired) electrons. The maximum atomic E-state index is 12.5. The minimum atomic E-state index is -0.930. The average Bonchev–Trinajstić information content (AvgIpc) is 3.08. The molecule has 2 aliphatic rings. The van der Waals surface area contributed by atoms with E-state index >= 15 is 0 Å². The number of thioether (sulfide) groups is 1. The van der Waals surface area contributed by atoms with Crippen molar-refractivity contribution < 1.29 is 19.4 Å². The summed E-state index contributed by atoms with van der Waals surface area (Å²) in [5.74, 6) is -0.470. The van der Waals surface area contributed by atoms with E-state index in [9.17, 15) is 14.7 Å². The quantitative estimate of drug-likeness (QED) is 0.810. The van der Waals surface area contributed by atoms with Gasteiger partial charge in [-0.1, -0.05) is 13.3 Å². The summed E-state index contributed by atoms with van der Waals surface area (Å²) in [6, 6.07) is -1.11. The van der Waals surface area contributed by atoms with Crippen LogP contribution in [-0.4, -0.2) is 57.9 Å². The molecule has 120 valence electrons. The maximum absolute atomic E-state index is 12.5. The zero-order chi connectivity index (χ0) is 15.4. The Morgan fingerprint density at radius 1 is 1.52 bits per heavy atom. The average molecular weight is 316 g/mol. The van der Waals surface area contributed by atoms with Crippen LogP contribution in [0.1, 0.15) is 39.5 Å². The van der Waals surface area contributed by atoms with Crippen LogP contribution in [0.15, 0.2) is 0 Å². The first-order valence-electron chi connectivity index (χ1n) is 7.59. The van der Waals surface area contributed by atoms with Crippen molar-refractivity contribution in [2.45, 2.75) is 63.1 Å². The number of hydrogen-bond donors (Lipinski definition) is 2. The van der Waals surface area contributed by atoms with Gasteiger partial charge in [-0.25, -0.2) is 9.59 Å². The van der Waals surface area contributed by atoms with Gasteiger partial charge in [0.2, 0.25) is 0 Å². The predicted octanol–water partition coefficient (Wildman–Crippen LogP) is 1.89. The Balaban J connectivity index is 2.00. The second-order valence-electron chi connectivity index (χ2n) is 5.63. The standard InChI is InChI=1S/C14H24N2O4S/c1-3-5-12-16(10(8-21-12)13(17)18)14(19)15-9(2)11-6-4-7-20-11/h9-12H,3-8H2,1-2H3,(H,15,19)(H,17,18). The summed E-state index contributed by atoms with van der Waals surface area (Å²) in [4.78, 5) is 25.3. The van der Waals surface area contributed by atoms with Crippen molar-refractivity contribution in [3.63, 3.8) is 0 Å². The highest BCUT2D eigenvalue weighted by atomic mass is 32.2. The summed E-state index contributed by atoms with van der Waals surface area (Å²) in [6.45, 7) is 4.70. The SMILES string of the molecule is CCCC1SCC(C(=O)O)N1C(=O)NC(C)C1CCCO1. The highest BCUT2D eigenvalue weighted by Crippen LogP contribution is 2.32. The fourth-order valence-electron chi connectivity index (χ4n) is 2.85. The van der Waals surface area contributed by atoms with Gasteiger partial charge in [0.05, 0.1) is 17.5 Å². The second kappa shape index (κ2) is 7.35. The summed E-state index contributed by atoms with van der Waals surface area (Å²) in [6.07, 6.45) is 3.74. The van der Waals surface area contributed by atoms with Crippen molar-refractivity contribution in [2.24, 2.45) is 0 Å². The normalized spacial score (nSPS) is 30.4. The van der Waals surface area contributed by atoms with Gasteiger partial charge in [-0.05, 0) is 26.2 Å². The molecule has 6 nitrogen and oxygen atoms in total. The summed E-state index contributed by atoms with van der Waals surface area (Å²) in [7, 11) is 0. The van der Waals surface area contributed by atoms with Crippen LogP contribution in [0.4, 0.5) is 4.79 Å². The molecule has 0 saturated carbocycles. The lowest BCUT2D eigenvalue weighted by molar-refractivity contribution is -0.141. The Bertz CT molecular complexity index is 387. The van der Waals surface area contributed by atoms with E-state index < -0.39 is 12.0 Å². The van der Waals surface area contributed by atoms with Crippen LogP contribution >= 0.6 is 11.8 Å². The van der Waals surface area contributed by atoms with Crippen molar-refractivity contribution in [3.05, 3.63) is 0 Å². The number of carboxylic acids is 1. The Labute approximate surface area is 129 Å². The summed E-state index contributed by atoms with van der Waals surface area (Å²) >= 11 is 1.55. The number of nitrogens with one attached hydrogen (secondary N) is 1. The number of ether oxygens (including phenoxy) is 1. The third-order valence-corrected chi connectivity index (χ3v) is 5.38. The first kappa shape index (κ1) is 16.4.